The molecule has 7 rings (SSSR count). The summed E-state index contributed by atoms with van der Waals surface area (Å²) in [5, 5.41) is 10.6. The minimum absolute atomic E-state index is 0.0502. The number of pyridine rings is 1. The minimum Gasteiger partial charge on any atom is -0.444 e. The van der Waals surface area contributed by atoms with Crippen molar-refractivity contribution in [3.8, 4) is 39.5 Å². The maximum atomic E-state index is 16.2. The first-order chi connectivity index (χ1) is 25.1. The first-order valence-corrected chi connectivity index (χ1v) is 18.6. The molecule has 0 unspecified atom stereocenters. The molecule has 1 aliphatic heterocycles. The van der Waals surface area contributed by atoms with E-state index in [2.05, 4.69) is 9.28 Å². The third-order valence-electron chi connectivity index (χ3n) is 8.73. The molecule has 4 aromatic heterocycles. The molecule has 0 radical (unpaired) electrons. The third kappa shape index (κ3) is 6.41. The average molecular weight is 793 g/mol. The molecule has 11 nitrogen and oxygen atoms in total. The van der Waals surface area contributed by atoms with E-state index in [1.54, 1.807) is 75.4 Å². The van der Waals surface area contributed by atoms with Crippen molar-refractivity contribution in [3.63, 3.8) is 0 Å². The minimum atomic E-state index is -6.48. The summed E-state index contributed by atoms with van der Waals surface area (Å²) < 4.78 is 125. The second-order valence-electron chi connectivity index (χ2n) is 13.8. The molecule has 0 bridgehead atoms. The molecule has 2 atom stereocenters. The summed E-state index contributed by atoms with van der Waals surface area (Å²) in [5.74, 6) is -5.40. The van der Waals surface area contributed by atoms with Gasteiger partial charge in [0.05, 0.1) is 39.3 Å². The first-order valence-electron chi connectivity index (χ1n) is 16.3. The Balaban J connectivity index is 1.53. The molecular weight excluding hydrogens is 763 g/mol. The number of hydrogen-bond acceptors (Lipinski definition) is 9. The Kier molecular flexibility index (Phi) is 8.75. The number of carbonyl (C=O) groups is 1. The van der Waals surface area contributed by atoms with Gasteiger partial charge >= 0.3 is 21.7 Å². The van der Waals surface area contributed by atoms with Crippen molar-refractivity contribution in [1.29, 1.82) is 0 Å². The fourth-order valence-corrected chi connectivity index (χ4v) is 7.83. The Morgan fingerprint density at radius 1 is 0.963 bits per heavy atom. The second kappa shape index (κ2) is 12.7. The quantitative estimate of drug-likeness (QED) is 0.0965. The Labute approximate surface area is 307 Å². The van der Waals surface area contributed by atoms with Crippen LogP contribution in [0.2, 0.25) is 0 Å². The molecule has 6 aromatic rings. The van der Waals surface area contributed by atoms with Crippen molar-refractivity contribution in [2.24, 2.45) is 7.05 Å². The van der Waals surface area contributed by atoms with E-state index in [0.717, 1.165) is 22.1 Å². The summed E-state index contributed by atoms with van der Waals surface area (Å²) in [6.45, 7) is 8.78. The van der Waals surface area contributed by atoms with Gasteiger partial charge in [-0.05, 0) is 46.8 Å². The fourth-order valence-electron chi connectivity index (χ4n) is 6.44. The van der Waals surface area contributed by atoms with Gasteiger partial charge in [-0.2, -0.15) is 31.8 Å². The predicted octanol–water partition coefficient (Wildman–Crippen LogP) is 8.90. The second-order valence-corrected chi connectivity index (χ2v) is 16.3. The lowest BCUT2D eigenvalue weighted by atomic mass is 9.94. The zero-order valence-corrected chi connectivity index (χ0v) is 30.9. The van der Waals surface area contributed by atoms with Gasteiger partial charge < -0.3 is 8.92 Å². The fraction of sp³-hybridized carbons (Fsp3) is 0.314. The normalized spacial score (nSPS) is 16.6. The summed E-state index contributed by atoms with van der Waals surface area (Å²) in [4.78, 5) is 19.5. The number of ether oxygens (including phenoxy) is 1. The van der Waals surface area contributed by atoms with Crippen LogP contribution < -0.4 is 4.18 Å². The number of nitrogens with zero attached hydrogens (tertiary/aromatic N) is 6. The summed E-state index contributed by atoms with van der Waals surface area (Å²) in [7, 11) is -4.76. The average Bonchev–Trinajstić information content (AvgIpc) is 3.77. The van der Waals surface area contributed by atoms with Crippen LogP contribution in [0.4, 0.5) is 31.1 Å². The zero-order valence-electron chi connectivity index (χ0n) is 29.3. The van der Waals surface area contributed by atoms with Crippen LogP contribution in [-0.4, -0.2) is 61.6 Å². The van der Waals surface area contributed by atoms with E-state index in [9.17, 15) is 30.8 Å². The van der Waals surface area contributed by atoms with Crippen LogP contribution in [0.1, 0.15) is 52.4 Å². The predicted molar refractivity (Wildman–Crippen MR) is 188 cm³/mol. The molecule has 0 fully saturated rings. The number of aryl methyl sites for hydroxylation is 1. The summed E-state index contributed by atoms with van der Waals surface area (Å²) in [6.07, 6.45) is 1.16. The molecule has 284 valence electrons. The lowest BCUT2D eigenvalue weighted by Crippen LogP contribution is -2.45. The summed E-state index contributed by atoms with van der Waals surface area (Å²) in [6, 6.07) is 6.04. The van der Waals surface area contributed by atoms with Gasteiger partial charge in [-0.1, -0.05) is 12.1 Å². The van der Waals surface area contributed by atoms with Gasteiger partial charge in [0.25, 0.3) is 0 Å². The highest BCUT2D eigenvalue weighted by Gasteiger charge is 2.49. The van der Waals surface area contributed by atoms with Crippen LogP contribution in [0.3, 0.4) is 0 Å². The highest BCUT2D eigenvalue weighted by Crippen LogP contribution is 2.49. The van der Waals surface area contributed by atoms with E-state index in [-0.39, 0.29) is 39.8 Å². The maximum Gasteiger partial charge on any atom is 0.534 e. The number of alkyl halides is 3. The van der Waals surface area contributed by atoms with Gasteiger partial charge in [0.2, 0.25) is 0 Å². The van der Waals surface area contributed by atoms with Crippen molar-refractivity contribution in [2.45, 2.75) is 57.8 Å². The van der Waals surface area contributed by atoms with Crippen LogP contribution in [-0.2, 0) is 21.9 Å². The molecule has 54 heavy (non-hydrogen) atoms. The summed E-state index contributed by atoms with van der Waals surface area (Å²) in [5.41, 5.74) is -7.13. The number of carbonyl (C=O) groups excluding carboxylic acids is 1. The monoisotopic (exact) mass is 792 g/mol. The SMILES string of the molecule is C[C@@H]1c2cc(-c3nc(-c4ccc5cn(C)nc5c4)c4scc(F)c4c3-c3c(F)cc(F)cc3OS(=O)(=O)C(F)(F)F)nn2[C@@H](C)CN1C(=O)OC(C)(C)C. The van der Waals surface area contributed by atoms with E-state index in [0.29, 0.717) is 22.8 Å². The number of halogens is 6. The molecule has 1 aliphatic rings. The van der Waals surface area contributed by atoms with Crippen molar-refractivity contribution in [1.82, 2.24) is 29.4 Å². The standard InChI is InChI=1S/C35H30F6N6O5S2/c1-16-13-46(33(48)51-34(3,4)5)17(2)25-12-24(44-47(16)25)31-29(27-21(37)10-20(36)11-26(27)52-54(49,50)35(39,40)41)28-22(38)15-53-32(28)30(42-31)18-7-8-19-14-45(6)43-23(19)9-18/h7-12,14-17H,13H2,1-6H3/t16-,17+/m0/s1. The molecule has 19 heteroatoms. The van der Waals surface area contributed by atoms with Crippen LogP contribution in [0.15, 0.2) is 48.0 Å². The number of benzene rings is 2. The van der Waals surface area contributed by atoms with E-state index >= 15 is 8.78 Å². The topological polar surface area (TPSA) is 121 Å². The lowest BCUT2D eigenvalue weighted by molar-refractivity contribution is -0.0500. The Morgan fingerprint density at radius 2 is 1.69 bits per heavy atom. The number of rotatable bonds is 5. The molecular formula is C35H30F6N6O5S2. The van der Waals surface area contributed by atoms with Crippen molar-refractivity contribution in [3.05, 3.63) is 71.1 Å². The molecule has 0 N–H and O–H groups in total. The Hall–Kier alpha value is -5.17. The van der Waals surface area contributed by atoms with Gasteiger partial charge in [0.15, 0.2) is 5.75 Å². The number of amides is 1. The van der Waals surface area contributed by atoms with E-state index < -0.39 is 73.7 Å². The molecule has 0 spiro atoms. The van der Waals surface area contributed by atoms with Crippen LogP contribution in [0.5, 0.6) is 5.75 Å². The van der Waals surface area contributed by atoms with E-state index in [4.69, 9.17) is 14.8 Å². The molecule has 0 saturated heterocycles. The highest BCUT2D eigenvalue weighted by molar-refractivity contribution is 7.88. The van der Waals surface area contributed by atoms with Crippen molar-refractivity contribution < 1.29 is 48.5 Å². The van der Waals surface area contributed by atoms with E-state index in [1.165, 1.54) is 11.0 Å². The van der Waals surface area contributed by atoms with Crippen molar-refractivity contribution >= 4 is 48.5 Å². The van der Waals surface area contributed by atoms with Gasteiger partial charge in [-0.25, -0.2) is 22.9 Å². The Morgan fingerprint density at radius 3 is 2.37 bits per heavy atom. The molecule has 0 aliphatic carbocycles. The number of fused-ring (bicyclic) bond motifs is 3. The molecule has 0 saturated carbocycles. The number of hydrogen-bond donors (Lipinski definition) is 0. The highest BCUT2D eigenvalue weighted by atomic mass is 32.2. The molecule has 2 aromatic carbocycles. The summed E-state index contributed by atoms with van der Waals surface area (Å²) >= 11 is 0.845. The van der Waals surface area contributed by atoms with Crippen LogP contribution in [0.25, 0.3) is 54.8 Å². The first kappa shape index (κ1) is 37.2. The zero-order chi connectivity index (χ0) is 39.2. The number of thiophene rings is 1. The maximum absolute atomic E-state index is 16.2. The van der Waals surface area contributed by atoms with Gasteiger partial charge in [0, 0.05) is 59.2 Å². The molecule has 5 heterocycles. The van der Waals surface area contributed by atoms with Crippen molar-refractivity contribution in [2.75, 3.05) is 6.54 Å². The molecule has 1 amide bonds. The largest absolute Gasteiger partial charge is 0.534 e. The van der Waals surface area contributed by atoms with Gasteiger partial charge in [-0.15, -0.1) is 11.3 Å². The smallest absolute Gasteiger partial charge is 0.444 e. The number of aromatic nitrogens is 5. The van der Waals surface area contributed by atoms with Crippen LogP contribution >= 0.6 is 11.3 Å². The van der Waals surface area contributed by atoms with E-state index in [1.807, 2.05) is 0 Å². The van der Waals surface area contributed by atoms with Gasteiger partial charge in [0.1, 0.15) is 34.4 Å². The Bertz CT molecular complexity index is 2610. The third-order valence-corrected chi connectivity index (χ3v) is 10.7. The van der Waals surface area contributed by atoms with Crippen LogP contribution in [0, 0.1) is 17.5 Å². The van der Waals surface area contributed by atoms with Gasteiger partial charge in [-0.3, -0.25) is 14.3 Å². The lowest BCUT2D eigenvalue weighted by Gasteiger charge is -2.38.